The summed E-state index contributed by atoms with van der Waals surface area (Å²) in [7, 11) is 0. The average Bonchev–Trinajstić information content (AvgIpc) is 2.96. The number of para-hydroxylation sites is 2. The van der Waals surface area contributed by atoms with E-state index in [-0.39, 0.29) is 0 Å². The second-order valence-corrected chi connectivity index (χ2v) is 7.86. The van der Waals surface area contributed by atoms with Gasteiger partial charge in [-0.3, -0.25) is 0 Å². The number of benzene rings is 3. The second-order valence-electron chi connectivity index (χ2n) is 7.01. The molecule has 0 fully saturated rings. The van der Waals surface area contributed by atoms with Crippen LogP contribution in [0.2, 0.25) is 10.0 Å². The fraction of sp³-hybridized carbons (Fsp3) is 0.174. The number of halogens is 2. The molecule has 136 valence electrons. The maximum absolute atomic E-state index is 6.51. The van der Waals surface area contributed by atoms with Crippen LogP contribution >= 0.6 is 23.2 Å². The van der Waals surface area contributed by atoms with Gasteiger partial charge >= 0.3 is 0 Å². The maximum Gasteiger partial charge on any atom is 0.142 e. The van der Waals surface area contributed by atoms with Gasteiger partial charge in [-0.05, 0) is 67.8 Å². The lowest BCUT2D eigenvalue weighted by molar-refractivity contribution is 0.821. The first kappa shape index (κ1) is 18.1. The topological polar surface area (TPSA) is 17.8 Å². The fourth-order valence-electron chi connectivity index (χ4n) is 3.73. The van der Waals surface area contributed by atoms with Crippen molar-refractivity contribution < 1.29 is 0 Å². The van der Waals surface area contributed by atoms with E-state index in [1.54, 1.807) is 6.07 Å². The molecular weight excluding hydrogens is 375 g/mol. The van der Waals surface area contributed by atoms with E-state index < -0.39 is 0 Å². The van der Waals surface area contributed by atoms with Gasteiger partial charge in [-0.25, -0.2) is 4.98 Å². The Morgan fingerprint density at radius 2 is 1.59 bits per heavy atom. The normalized spacial score (nSPS) is 11.3. The van der Waals surface area contributed by atoms with Gasteiger partial charge in [0.15, 0.2) is 0 Å². The molecule has 0 aliphatic rings. The van der Waals surface area contributed by atoms with Gasteiger partial charge in [0.05, 0.1) is 22.6 Å². The summed E-state index contributed by atoms with van der Waals surface area (Å²) in [6.45, 7) is 7.22. The second kappa shape index (κ2) is 7.03. The molecular formula is C23H20Cl2N2. The maximum atomic E-state index is 6.51. The molecule has 4 heteroatoms. The Morgan fingerprint density at radius 1 is 0.889 bits per heavy atom. The van der Waals surface area contributed by atoms with Gasteiger partial charge in [-0.2, -0.15) is 0 Å². The number of aryl methyl sites for hydroxylation is 3. The molecule has 0 spiro atoms. The molecule has 0 amide bonds. The van der Waals surface area contributed by atoms with Crippen molar-refractivity contribution in [2.75, 3.05) is 0 Å². The Hall–Kier alpha value is -2.29. The molecule has 1 heterocycles. The lowest BCUT2D eigenvalue weighted by Gasteiger charge is -2.15. The Bertz CT molecular complexity index is 1140. The zero-order valence-corrected chi connectivity index (χ0v) is 17.1. The van der Waals surface area contributed by atoms with E-state index in [1.165, 1.54) is 22.3 Å². The molecule has 0 N–H and O–H groups in total. The number of nitrogens with zero attached hydrogens (tertiary/aromatic N) is 2. The SMILES string of the molecule is Cc1cc(C)c(Cn2c(-c3ccc(Cl)cc3Cl)nc3ccccc32)c(C)c1. The molecule has 0 bridgehead atoms. The molecule has 27 heavy (non-hydrogen) atoms. The summed E-state index contributed by atoms with van der Waals surface area (Å²) >= 11 is 12.6. The summed E-state index contributed by atoms with van der Waals surface area (Å²) in [4.78, 5) is 4.88. The van der Waals surface area contributed by atoms with Gasteiger partial charge < -0.3 is 4.57 Å². The van der Waals surface area contributed by atoms with Gasteiger partial charge in [0.25, 0.3) is 0 Å². The van der Waals surface area contributed by atoms with Crippen molar-refractivity contribution in [2.24, 2.45) is 0 Å². The molecule has 4 aromatic rings. The predicted molar refractivity (Wildman–Crippen MR) is 115 cm³/mol. The minimum absolute atomic E-state index is 0.608. The molecule has 0 unspecified atom stereocenters. The van der Waals surface area contributed by atoms with Crippen molar-refractivity contribution in [3.63, 3.8) is 0 Å². The number of hydrogen-bond donors (Lipinski definition) is 0. The molecule has 1 aromatic heterocycles. The van der Waals surface area contributed by atoms with Crippen molar-refractivity contribution in [3.8, 4) is 11.4 Å². The zero-order chi connectivity index (χ0) is 19.1. The Morgan fingerprint density at radius 3 is 2.30 bits per heavy atom. The van der Waals surface area contributed by atoms with Crippen LogP contribution < -0.4 is 0 Å². The van der Waals surface area contributed by atoms with E-state index in [0.29, 0.717) is 10.0 Å². The lowest BCUT2D eigenvalue weighted by atomic mass is 9.99. The number of rotatable bonds is 3. The molecule has 0 aliphatic carbocycles. The third-order valence-electron chi connectivity index (χ3n) is 4.98. The first-order valence-electron chi connectivity index (χ1n) is 8.91. The predicted octanol–water partition coefficient (Wildman–Crippen LogP) is 6.98. The first-order valence-corrected chi connectivity index (χ1v) is 9.67. The van der Waals surface area contributed by atoms with E-state index in [1.807, 2.05) is 30.3 Å². The number of hydrogen-bond acceptors (Lipinski definition) is 1. The van der Waals surface area contributed by atoms with Crippen LogP contribution in [0.3, 0.4) is 0 Å². The van der Waals surface area contributed by atoms with Gasteiger partial charge in [0.1, 0.15) is 5.82 Å². The summed E-state index contributed by atoms with van der Waals surface area (Å²) in [6.07, 6.45) is 0. The minimum atomic E-state index is 0.608. The van der Waals surface area contributed by atoms with Gasteiger partial charge in [0, 0.05) is 10.6 Å². The largest absolute Gasteiger partial charge is 0.319 e. The molecule has 0 atom stereocenters. The molecule has 0 saturated heterocycles. The highest BCUT2D eigenvalue weighted by atomic mass is 35.5. The van der Waals surface area contributed by atoms with Crippen LogP contribution in [0, 0.1) is 20.8 Å². The van der Waals surface area contributed by atoms with Crippen molar-refractivity contribution in [1.82, 2.24) is 9.55 Å². The quantitative estimate of drug-likeness (QED) is 0.366. The number of imidazole rings is 1. The standard InChI is InChI=1S/C23H20Cl2N2/c1-14-10-15(2)19(16(3)11-14)13-27-22-7-5-4-6-21(22)26-23(27)18-9-8-17(24)12-20(18)25/h4-12H,13H2,1-3H3. The van der Waals surface area contributed by atoms with E-state index in [0.717, 1.165) is 29.0 Å². The van der Waals surface area contributed by atoms with E-state index in [9.17, 15) is 0 Å². The van der Waals surface area contributed by atoms with Crippen LogP contribution in [0.1, 0.15) is 22.3 Å². The smallest absolute Gasteiger partial charge is 0.142 e. The molecule has 0 saturated carbocycles. The molecule has 4 rings (SSSR count). The molecule has 0 aliphatic heterocycles. The summed E-state index contributed by atoms with van der Waals surface area (Å²) in [6, 6.07) is 18.2. The van der Waals surface area contributed by atoms with Crippen LogP contribution in [0.25, 0.3) is 22.4 Å². The third-order valence-corrected chi connectivity index (χ3v) is 5.53. The van der Waals surface area contributed by atoms with Crippen LogP contribution in [0.5, 0.6) is 0 Å². The van der Waals surface area contributed by atoms with Gasteiger partial charge in [-0.1, -0.05) is 53.0 Å². The monoisotopic (exact) mass is 394 g/mol. The van der Waals surface area contributed by atoms with Gasteiger partial charge in [0.2, 0.25) is 0 Å². The fourth-order valence-corrected chi connectivity index (χ4v) is 4.22. The zero-order valence-electron chi connectivity index (χ0n) is 15.6. The summed E-state index contributed by atoms with van der Waals surface area (Å²) in [5.41, 5.74) is 8.12. The van der Waals surface area contributed by atoms with Crippen LogP contribution in [-0.4, -0.2) is 9.55 Å². The van der Waals surface area contributed by atoms with Crippen LogP contribution in [-0.2, 0) is 6.54 Å². The number of fused-ring (bicyclic) bond motifs is 1. The third kappa shape index (κ3) is 3.36. The van der Waals surface area contributed by atoms with Crippen LogP contribution in [0.4, 0.5) is 0 Å². The van der Waals surface area contributed by atoms with E-state index in [2.05, 4.69) is 43.5 Å². The lowest BCUT2D eigenvalue weighted by Crippen LogP contribution is -2.06. The highest BCUT2D eigenvalue weighted by Gasteiger charge is 2.17. The average molecular weight is 395 g/mol. The summed E-state index contributed by atoms with van der Waals surface area (Å²) < 4.78 is 2.25. The van der Waals surface area contributed by atoms with Crippen LogP contribution in [0.15, 0.2) is 54.6 Å². The Balaban J connectivity index is 1.94. The molecule has 0 radical (unpaired) electrons. The van der Waals surface area contributed by atoms with E-state index in [4.69, 9.17) is 28.2 Å². The van der Waals surface area contributed by atoms with Crippen molar-refractivity contribution in [1.29, 1.82) is 0 Å². The van der Waals surface area contributed by atoms with Crippen molar-refractivity contribution >= 4 is 34.2 Å². The van der Waals surface area contributed by atoms with E-state index >= 15 is 0 Å². The minimum Gasteiger partial charge on any atom is -0.319 e. The Labute approximate surface area is 169 Å². The number of aromatic nitrogens is 2. The van der Waals surface area contributed by atoms with Gasteiger partial charge in [-0.15, -0.1) is 0 Å². The first-order chi connectivity index (χ1) is 12.9. The summed E-state index contributed by atoms with van der Waals surface area (Å²) in [5, 5.41) is 1.23. The van der Waals surface area contributed by atoms with Crippen molar-refractivity contribution in [3.05, 3.63) is 86.9 Å². The molecule has 2 nitrogen and oxygen atoms in total. The van der Waals surface area contributed by atoms with Crippen molar-refractivity contribution in [2.45, 2.75) is 27.3 Å². The highest BCUT2D eigenvalue weighted by Crippen LogP contribution is 2.33. The Kier molecular flexibility index (Phi) is 4.71. The highest BCUT2D eigenvalue weighted by molar-refractivity contribution is 6.36. The summed E-state index contributed by atoms with van der Waals surface area (Å²) in [5.74, 6) is 0.859. The molecule has 3 aromatic carbocycles.